The molecule has 0 aliphatic carbocycles. The number of ether oxygens (including phenoxy) is 1. The van der Waals surface area contributed by atoms with Gasteiger partial charge in [0.15, 0.2) is 5.60 Å². The van der Waals surface area contributed by atoms with Crippen LogP contribution in [0.1, 0.15) is 29.8 Å². The molecular weight excluding hydrogens is 256 g/mol. The van der Waals surface area contributed by atoms with Crippen LogP contribution < -0.4 is 5.73 Å². The van der Waals surface area contributed by atoms with Gasteiger partial charge in [0.25, 0.3) is 11.8 Å². The summed E-state index contributed by atoms with van der Waals surface area (Å²) in [6, 6.07) is 7.53. The molecule has 20 heavy (non-hydrogen) atoms. The Hall–Kier alpha value is -1.88. The first-order chi connectivity index (χ1) is 9.46. The van der Waals surface area contributed by atoms with E-state index in [1.165, 1.54) is 5.56 Å². The molecule has 1 saturated heterocycles. The maximum atomic E-state index is 12.4. The third-order valence-corrected chi connectivity index (χ3v) is 3.69. The van der Waals surface area contributed by atoms with Gasteiger partial charge in [-0.15, -0.1) is 0 Å². The molecule has 2 rings (SSSR count). The van der Waals surface area contributed by atoms with Crippen LogP contribution in [0.2, 0.25) is 0 Å². The van der Waals surface area contributed by atoms with E-state index >= 15 is 0 Å². The van der Waals surface area contributed by atoms with Crippen molar-refractivity contribution >= 4 is 11.8 Å². The van der Waals surface area contributed by atoms with Crippen LogP contribution >= 0.6 is 0 Å². The molecule has 2 N–H and O–H groups in total. The predicted octanol–water partition coefficient (Wildman–Crippen LogP) is 0.965. The fourth-order valence-electron chi connectivity index (χ4n) is 2.26. The van der Waals surface area contributed by atoms with Gasteiger partial charge < -0.3 is 15.4 Å². The third kappa shape index (κ3) is 2.82. The fourth-order valence-corrected chi connectivity index (χ4v) is 2.26. The first-order valence-corrected chi connectivity index (χ1v) is 6.78. The molecule has 0 spiro atoms. The van der Waals surface area contributed by atoms with E-state index in [4.69, 9.17) is 10.5 Å². The second-order valence-corrected chi connectivity index (χ2v) is 5.22. The van der Waals surface area contributed by atoms with Crippen LogP contribution in [0.15, 0.2) is 24.3 Å². The van der Waals surface area contributed by atoms with Gasteiger partial charge in [0, 0.05) is 12.1 Å². The zero-order chi connectivity index (χ0) is 14.8. The van der Waals surface area contributed by atoms with Crippen LogP contribution in [0.25, 0.3) is 0 Å². The van der Waals surface area contributed by atoms with Gasteiger partial charge in [-0.05, 0) is 31.0 Å². The summed E-state index contributed by atoms with van der Waals surface area (Å²) in [7, 11) is 0. The molecule has 0 saturated carbocycles. The molecule has 108 valence electrons. The molecule has 1 heterocycles. The normalized spacial score (nSPS) is 22.6. The summed E-state index contributed by atoms with van der Waals surface area (Å²) in [6.07, 6.45) is 0.936. The lowest BCUT2D eigenvalue weighted by Crippen LogP contribution is -2.58. The molecule has 1 atom stereocenters. The number of nitrogens with two attached hydrogens (primary N) is 1. The van der Waals surface area contributed by atoms with Crippen molar-refractivity contribution in [3.05, 3.63) is 35.4 Å². The topological polar surface area (TPSA) is 72.6 Å². The van der Waals surface area contributed by atoms with E-state index in [0.717, 1.165) is 6.42 Å². The third-order valence-electron chi connectivity index (χ3n) is 3.69. The Kier molecular flexibility index (Phi) is 4.09. The van der Waals surface area contributed by atoms with Gasteiger partial charge in [0.1, 0.15) is 0 Å². The van der Waals surface area contributed by atoms with Crippen LogP contribution in [-0.2, 0) is 16.0 Å². The summed E-state index contributed by atoms with van der Waals surface area (Å²) in [4.78, 5) is 25.5. The van der Waals surface area contributed by atoms with E-state index in [2.05, 4.69) is 6.92 Å². The lowest BCUT2D eigenvalue weighted by molar-refractivity contribution is -0.150. The largest absolute Gasteiger partial charge is 0.367 e. The second-order valence-electron chi connectivity index (χ2n) is 5.22. The van der Waals surface area contributed by atoms with Crippen molar-refractivity contribution < 1.29 is 14.3 Å². The Bertz CT molecular complexity index is 512. The lowest BCUT2D eigenvalue weighted by atomic mass is 10.0. The average Bonchev–Trinajstić information content (AvgIpc) is 2.46. The van der Waals surface area contributed by atoms with Crippen molar-refractivity contribution in [1.82, 2.24) is 4.90 Å². The fraction of sp³-hybridized carbons (Fsp3) is 0.467. The summed E-state index contributed by atoms with van der Waals surface area (Å²) in [5, 5.41) is 0. The summed E-state index contributed by atoms with van der Waals surface area (Å²) in [6.45, 7) is 4.66. The Labute approximate surface area is 118 Å². The summed E-state index contributed by atoms with van der Waals surface area (Å²) in [5.74, 6) is -0.639. The van der Waals surface area contributed by atoms with Crippen LogP contribution in [-0.4, -0.2) is 42.0 Å². The number of rotatable bonds is 3. The van der Waals surface area contributed by atoms with Crippen molar-refractivity contribution in [2.75, 3.05) is 19.7 Å². The van der Waals surface area contributed by atoms with E-state index in [1.807, 2.05) is 24.3 Å². The van der Waals surface area contributed by atoms with Crippen molar-refractivity contribution in [3.8, 4) is 0 Å². The van der Waals surface area contributed by atoms with Crippen LogP contribution in [0.3, 0.4) is 0 Å². The van der Waals surface area contributed by atoms with Gasteiger partial charge in [0.05, 0.1) is 13.2 Å². The summed E-state index contributed by atoms with van der Waals surface area (Å²) < 4.78 is 5.41. The molecule has 1 aromatic carbocycles. The monoisotopic (exact) mass is 276 g/mol. The number of hydrogen-bond acceptors (Lipinski definition) is 3. The van der Waals surface area contributed by atoms with Gasteiger partial charge >= 0.3 is 0 Å². The van der Waals surface area contributed by atoms with Crippen molar-refractivity contribution in [2.24, 2.45) is 5.73 Å². The zero-order valence-corrected chi connectivity index (χ0v) is 11.9. The quantitative estimate of drug-likeness (QED) is 0.894. The number of benzene rings is 1. The lowest BCUT2D eigenvalue weighted by Gasteiger charge is -2.38. The van der Waals surface area contributed by atoms with Crippen molar-refractivity contribution in [2.45, 2.75) is 25.9 Å². The Morgan fingerprint density at radius 1 is 1.35 bits per heavy atom. The first-order valence-electron chi connectivity index (χ1n) is 6.78. The second kappa shape index (κ2) is 5.63. The average molecular weight is 276 g/mol. The van der Waals surface area contributed by atoms with Gasteiger partial charge in [-0.3, -0.25) is 9.59 Å². The molecule has 2 amide bonds. The van der Waals surface area contributed by atoms with Crippen LogP contribution in [0.5, 0.6) is 0 Å². The number of amides is 2. The van der Waals surface area contributed by atoms with Crippen molar-refractivity contribution in [1.29, 1.82) is 0 Å². The first kappa shape index (κ1) is 14.5. The van der Waals surface area contributed by atoms with E-state index < -0.39 is 11.5 Å². The molecule has 1 aliphatic rings. The van der Waals surface area contributed by atoms with E-state index in [0.29, 0.717) is 18.7 Å². The van der Waals surface area contributed by atoms with Gasteiger partial charge in [-0.25, -0.2) is 0 Å². The van der Waals surface area contributed by atoms with Gasteiger partial charge in [-0.2, -0.15) is 0 Å². The highest BCUT2D eigenvalue weighted by Crippen LogP contribution is 2.19. The highest BCUT2D eigenvalue weighted by Gasteiger charge is 2.39. The number of aryl methyl sites for hydroxylation is 1. The van der Waals surface area contributed by atoms with Crippen molar-refractivity contribution in [3.63, 3.8) is 0 Å². The standard InChI is InChI=1S/C15H20N2O3/c1-3-11-4-6-12(7-5-11)13(18)17-8-9-20-15(2,10-17)14(16)19/h4-7H,3,8-10H2,1-2H3,(H2,16,19)/t15-/m1/s1. The van der Waals surface area contributed by atoms with Gasteiger partial charge in [-0.1, -0.05) is 19.1 Å². The number of morpholine rings is 1. The molecule has 5 nitrogen and oxygen atoms in total. The molecule has 1 aliphatic heterocycles. The minimum absolute atomic E-state index is 0.0940. The molecule has 5 heteroatoms. The van der Waals surface area contributed by atoms with Crippen LogP contribution in [0, 0.1) is 0 Å². The minimum atomic E-state index is -1.10. The number of hydrogen-bond donors (Lipinski definition) is 1. The maximum absolute atomic E-state index is 12.4. The minimum Gasteiger partial charge on any atom is -0.367 e. The molecule has 1 fully saturated rings. The molecule has 0 bridgehead atoms. The van der Waals surface area contributed by atoms with E-state index in [1.54, 1.807) is 11.8 Å². The number of carbonyl (C=O) groups excluding carboxylic acids is 2. The molecular formula is C15H20N2O3. The Morgan fingerprint density at radius 2 is 2.00 bits per heavy atom. The number of carbonyl (C=O) groups is 2. The van der Waals surface area contributed by atoms with Crippen LogP contribution in [0.4, 0.5) is 0 Å². The smallest absolute Gasteiger partial charge is 0.254 e. The number of primary amides is 1. The highest BCUT2D eigenvalue weighted by molar-refractivity contribution is 5.95. The Balaban J connectivity index is 2.14. The van der Waals surface area contributed by atoms with E-state index in [-0.39, 0.29) is 12.5 Å². The summed E-state index contributed by atoms with van der Waals surface area (Å²) >= 11 is 0. The molecule has 0 radical (unpaired) electrons. The summed E-state index contributed by atoms with van der Waals surface area (Å²) in [5.41, 5.74) is 6.05. The predicted molar refractivity (Wildman–Crippen MR) is 75.3 cm³/mol. The molecule has 0 unspecified atom stereocenters. The Morgan fingerprint density at radius 3 is 2.55 bits per heavy atom. The SMILES string of the molecule is CCc1ccc(C(=O)N2CCO[C@@](C)(C(N)=O)C2)cc1. The number of nitrogens with zero attached hydrogens (tertiary/aromatic N) is 1. The zero-order valence-electron chi connectivity index (χ0n) is 11.9. The maximum Gasteiger partial charge on any atom is 0.254 e. The van der Waals surface area contributed by atoms with Gasteiger partial charge in [0.2, 0.25) is 0 Å². The van der Waals surface area contributed by atoms with E-state index in [9.17, 15) is 9.59 Å². The highest BCUT2D eigenvalue weighted by atomic mass is 16.5. The molecule has 1 aromatic rings. The molecule has 0 aromatic heterocycles.